The van der Waals surface area contributed by atoms with Crippen LogP contribution in [0, 0.1) is 0 Å². The monoisotopic (exact) mass is 142 g/mol. The topological polar surface area (TPSA) is 18.5 Å². The average molecular weight is 142 g/mol. The van der Waals surface area contributed by atoms with Crippen molar-refractivity contribution in [2.24, 2.45) is 0 Å². The lowest BCUT2D eigenvalue weighted by Crippen LogP contribution is -2.25. The highest BCUT2D eigenvalue weighted by Crippen LogP contribution is 2.30. The first-order valence-corrected chi connectivity index (χ1v) is 4.17. The van der Waals surface area contributed by atoms with Crippen LogP contribution in [-0.4, -0.2) is 18.5 Å². The van der Waals surface area contributed by atoms with Crippen LogP contribution in [-0.2, 0) is 9.47 Å². The summed E-state index contributed by atoms with van der Waals surface area (Å²) in [4.78, 5) is 0. The van der Waals surface area contributed by atoms with Crippen molar-refractivity contribution in [1.29, 1.82) is 0 Å². The predicted octanol–water partition coefficient (Wildman–Crippen LogP) is 1.69. The minimum Gasteiger partial charge on any atom is -0.347 e. The van der Waals surface area contributed by atoms with Crippen molar-refractivity contribution in [3.8, 4) is 0 Å². The maximum Gasteiger partial charge on any atom is 0.155 e. The number of hydrogen-bond donors (Lipinski definition) is 0. The summed E-state index contributed by atoms with van der Waals surface area (Å²) in [7, 11) is 0. The second-order valence-electron chi connectivity index (χ2n) is 3.20. The second kappa shape index (κ2) is 2.51. The Hall–Kier alpha value is -0.0800. The highest BCUT2D eigenvalue weighted by molar-refractivity contribution is 4.80. The zero-order chi connectivity index (χ0) is 6.97. The summed E-state index contributed by atoms with van der Waals surface area (Å²) in [5.74, 6) is 0. The van der Waals surface area contributed by atoms with E-state index in [1.807, 2.05) is 6.92 Å². The molecule has 2 aliphatic rings. The molecule has 10 heavy (non-hydrogen) atoms. The zero-order valence-electron chi connectivity index (χ0n) is 6.38. The van der Waals surface area contributed by atoms with Crippen LogP contribution in [0.3, 0.4) is 0 Å². The molecule has 1 saturated heterocycles. The smallest absolute Gasteiger partial charge is 0.155 e. The van der Waals surface area contributed by atoms with Gasteiger partial charge in [-0.05, 0) is 19.8 Å². The fourth-order valence-electron chi connectivity index (χ4n) is 1.90. The van der Waals surface area contributed by atoms with E-state index >= 15 is 0 Å². The molecule has 0 amide bonds. The molecule has 1 saturated carbocycles. The molecule has 2 fully saturated rings. The van der Waals surface area contributed by atoms with Gasteiger partial charge in [0.05, 0.1) is 12.2 Å². The quantitative estimate of drug-likeness (QED) is 0.512. The second-order valence-corrected chi connectivity index (χ2v) is 3.20. The highest BCUT2D eigenvalue weighted by atomic mass is 16.7. The first-order valence-electron chi connectivity index (χ1n) is 4.17. The lowest BCUT2D eigenvalue weighted by atomic mass is 9.95. The third kappa shape index (κ3) is 1.06. The van der Waals surface area contributed by atoms with E-state index in [-0.39, 0.29) is 6.29 Å². The van der Waals surface area contributed by atoms with Crippen LogP contribution in [0.4, 0.5) is 0 Å². The van der Waals surface area contributed by atoms with Gasteiger partial charge in [0.15, 0.2) is 6.29 Å². The van der Waals surface area contributed by atoms with Gasteiger partial charge in [-0.2, -0.15) is 0 Å². The summed E-state index contributed by atoms with van der Waals surface area (Å²) in [6, 6.07) is 0. The third-order valence-electron chi connectivity index (χ3n) is 2.37. The van der Waals surface area contributed by atoms with Crippen molar-refractivity contribution in [2.75, 3.05) is 0 Å². The van der Waals surface area contributed by atoms with E-state index in [0.717, 1.165) is 0 Å². The summed E-state index contributed by atoms with van der Waals surface area (Å²) in [5, 5.41) is 0. The van der Waals surface area contributed by atoms with E-state index in [0.29, 0.717) is 12.2 Å². The van der Waals surface area contributed by atoms with Crippen molar-refractivity contribution in [3.63, 3.8) is 0 Å². The van der Waals surface area contributed by atoms with Crippen LogP contribution >= 0.6 is 0 Å². The Kier molecular flexibility index (Phi) is 1.66. The van der Waals surface area contributed by atoms with Gasteiger partial charge in [-0.25, -0.2) is 0 Å². The van der Waals surface area contributed by atoms with Crippen molar-refractivity contribution < 1.29 is 9.47 Å². The molecule has 0 aromatic rings. The van der Waals surface area contributed by atoms with Crippen LogP contribution in [0.5, 0.6) is 0 Å². The number of rotatable bonds is 0. The first kappa shape index (κ1) is 6.62. The molecule has 0 spiro atoms. The minimum absolute atomic E-state index is 0.0492. The van der Waals surface area contributed by atoms with Gasteiger partial charge in [0.1, 0.15) is 0 Å². The number of fused-ring (bicyclic) bond motifs is 1. The molecule has 0 bridgehead atoms. The van der Waals surface area contributed by atoms with Gasteiger partial charge in [0.2, 0.25) is 0 Å². The van der Waals surface area contributed by atoms with E-state index in [9.17, 15) is 0 Å². The molecule has 2 atom stereocenters. The van der Waals surface area contributed by atoms with Crippen LogP contribution in [0.25, 0.3) is 0 Å². The van der Waals surface area contributed by atoms with Crippen molar-refractivity contribution in [3.05, 3.63) is 0 Å². The van der Waals surface area contributed by atoms with Gasteiger partial charge in [-0.15, -0.1) is 0 Å². The largest absolute Gasteiger partial charge is 0.347 e. The molecule has 0 aromatic heterocycles. The molecule has 1 aliphatic carbocycles. The molecule has 2 nitrogen and oxygen atoms in total. The maximum atomic E-state index is 5.54. The Bertz CT molecular complexity index is 110. The average Bonchev–Trinajstić information content (AvgIpc) is 2.27. The molecular weight excluding hydrogens is 128 g/mol. The molecule has 2 unspecified atom stereocenters. The summed E-state index contributed by atoms with van der Waals surface area (Å²) >= 11 is 0. The van der Waals surface area contributed by atoms with Gasteiger partial charge in [-0.3, -0.25) is 0 Å². The lowest BCUT2D eigenvalue weighted by Gasteiger charge is -2.21. The van der Waals surface area contributed by atoms with Crippen LogP contribution in [0.2, 0.25) is 0 Å². The van der Waals surface area contributed by atoms with Crippen molar-refractivity contribution in [1.82, 2.24) is 0 Å². The lowest BCUT2D eigenvalue weighted by molar-refractivity contribution is -0.0499. The van der Waals surface area contributed by atoms with Crippen LogP contribution < -0.4 is 0 Å². The molecule has 0 radical (unpaired) electrons. The molecule has 2 heteroatoms. The molecular formula is C8H14O2. The molecule has 2 rings (SSSR count). The van der Waals surface area contributed by atoms with E-state index in [2.05, 4.69) is 0 Å². The highest BCUT2D eigenvalue weighted by Gasteiger charge is 2.35. The minimum atomic E-state index is 0.0492. The molecule has 1 heterocycles. The standard InChI is InChI=1S/C8H14O2/c1-6-9-7-4-2-3-5-8(7)10-6/h6-8H,2-5H2,1H3. The molecule has 1 aliphatic heterocycles. The SMILES string of the molecule is CC1OC2CCCCC2O1. The normalized spacial score (nSPS) is 47.1. The summed E-state index contributed by atoms with van der Waals surface area (Å²) in [6.07, 6.45) is 5.93. The van der Waals surface area contributed by atoms with Gasteiger partial charge in [0.25, 0.3) is 0 Å². The first-order chi connectivity index (χ1) is 4.86. The Morgan fingerprint density at radius 1 is 1.00 bits per heavy atom. The Balaban J connectivity index is 1.97. The van der Waals surface area contributed by atoms with Crippen LogP contribution in [0.1, 0.15) is 32.6 Å². The van der Waals surface area contributed by atoms with Gasteiger partial charge >= 0.3 is 0 Å². The van der Waals surface area contributed by atoms with Gasteiger partial charge < -0.3 is 9.47 Å². The van der Waals surface area contributed by atoms with Crippen LogP contribution in [0.15, 0.2) is 0 Å². The molecule has 0 N–H and O–H groups in total. The van der Waals surface area contributed by atoms with Gasteiger partial charge in [0, 0.05) is 0 Å². The summed E-state index contributed by atoms with van der Waals surface area (Å²) < 4.78 is 11.1. The number of ether oxygens (including phenoxy) is 2. The summed E-state index contributed by atoms with van der Waals surface area (Å²) in [6.45, 7) is 1.98. The maximum absolute atomic E-state index is 5.54. The predicted molar refractivity (Wildman–Crippen MR) is 37.7 cm³/mol. The fourth-order valence-corrected chi connectivity index (χ4v) is 1.90. The Labute approximate surface area is 61.5 Å². The summed E-state index contributed by atoms with van der Waals surface area (Å²) in [5.41, 5.74) is 0. The number of hydrogen-bond acceptors (Lipinski definition) is 2. The van der Waals surface area contributed by atoms with E-state index in [1.54, 1.807) is 0 Å². The van der Waals surface area contributed by atoms with E-state index in [1.165, 1.54) is 25.7 Å². The van der Waals surface area contributed by atoms with Crippen molar-refractivity contribution >= 4 is 0 Å². The zero-order valence-corrected chi connectivity index (χ0v) is 6.38. The van der Waals surface area contributed by atoms with Crippen molar-refractivity contribution in [2.45, 2.75) is 51.1 Å². The van der Waals surface area contributed by atoms with E-state index in [4.69, 9.17) is 9.47 Å². The fraction of sp³-hybridized carbons (Fsp3) is 1.00. The third-order valence-corrected chi connectivity index (χ3v) is 2.37. The Morgan fingerprint density at radius 3 is 2.00 bits per heavy atom. The van der Waals surface area contributed by atoms with Gasteiger partial charge in [-0.1, -0.05) is 12.8 Å². The van der Waals surface area contributed by atoms with E-state index < -0.39 is 0 Å². The Morgan fingerprint density at radius 2 is 1.50 bits per heavy atom. The molecule has 58 valence electrons. The molecule has 0 aromatic carbocycles.